The average molecular weight is 286 g/mol. The molecule has 0 amide bonds. The Morgan fingerprint density at radius 3 is 3.05 bits per heavy atom. The van der Waals surface area contributed by atoms with Crippen molar-refractivity contribution < 1.29 is 19.4 Å². The van der Waals surface area contributed by atoms with Gasteiger partial charge < -0.3 is 9.84 Å². The first-order valence-corrected chi connectivity index (χ1v) is 6.98. The number of hydrogen-bond donors (Lipinski definition) is 1. The van der Waals surface area contributed by atoms with E-state index in [1.165, 1.54) is 12.2 Å². The molecule has 0 aromatic heterocycles. The molecule has 1 heterocycles. The maximum Gasteiger partial charge on any atom is 0.330 e. The normalized spacial score (nSPS) is 17.9. The number of benzene rings is 1. The van der Waals surface area contributed by atoms with Gasteiger partial charge in [0.15, 0.2) is 5.78 Å². The van der Waals surface area contributed by atoms with Gasteiger partial charge in [-0.15, -0.1) is 0 Å². The summed E-state index contributed by atoms with van der Waals surface area (Å²) in [6.07, 6.45) is 8.55. The summed E-state index contributed by atoms with van der Waals surface area (Å²) in [5, 5.41) is 9.34. The standard InChI is InChI=1S/C17H18O4/c18-14(11-10-13-4-1-6-15(19)12-13)5-2-7-16-8-3-9-17(20)21-16/h1-6,9,12,16,19H,7-8,10-11H2/b5-2+/t16-/m1/s1. The van der Waals surface area contributed by atoms with Crippen LogP contribution in [0.1, 0.15) is 24.8 Å². The third kappa shape index (κ3) is 5.26. The Morgan fingerprint density at radius 2 is 2.29 bits per heavy atom. The van der Waals surface area contributed by atoms with Crippen LogP contribution < -0.4 is 0 Å². The number of carbonyl (C=O) groups excluding carboxylic acids is 2. The lowest BCUT2D eigenvalue weighted by molar-refractivity contribution is -0.143. The zero-order valence-corrected chi connectivity index (χ0v) is 11.7. The first-order chi connectivity index (χ1) is 10.1. The van der Waals surface area contributed by atoms with Crippen LogP contribution in [0.4, 0.5) is 0 Å². The van der Waals surface area contributed by atoms with E-state index in [0.717, 1.165) is 5.56 Å². The largest absolute Gasteiger partial charge is 0.508 e. The fourth-order valence-electron chi connectivity index (χ4n) is 2.13. The highest BCUT2D eigenvalue weighted by atomic mass is 16.5. The van der Waals surface area contributed by atoms with Crippen LogP contribution in [-0.4, -0.2) is 23.0 Å². The molecule has 1 atom stereocenters. The maximum atomic E-state index is 11.7. The predicted molar refractivity (Wildman–Crippen MR) is 78.8 cm³/mol. The van der Waals surface area contributed by atoms with Crippen molar-refractivity contribution in [3.8, 4) is 5.75 Å². The number of allylic oxidation sites excluding steroid dienone is 1. The van der Waals surface area contributed by atoms with E-state index in [2.05, 4.69) is 0 Å². The van der Waals surface area contributed by atoms with Gasteiger partial charge in [-0.25, -0.2) is 4.79 Å². The van der Waals surface area contributed by atoms with Gasteiger partial charge in [-0.1, -0.05) is 24.3 Å². The molecule has 2 rings (SSSR count). The molecule has 4 nitrogen and oxygen atoms in total. The zero-order valence-electron chi connectivity index (χ0n) is 11.7. The summed E-state index contributed by atoms with van der Waals surface area (Å²) >= 11 is 0. The molecule has 4 heteroatoms. The molecule has 1 aliphatic heterocycles. The van der Waals surface area contributed by atoms with Crippen LogP contribution in [0, 0.1) is 0 Å². The van der Waals surface area contributed by atoms with E-state index in [4.69, 9.17) is 4.74 Å². The van der Waals surface area contributed by atoms with E-state index >= 15 is 0 Å². The van der Waals surface area contributed by atoms with Crippen molar-refractivity contribution in [2.45, 2.75) is 31.8 Å². The molecule has 21 heavy (non-hydrogen) atoms. The van der Waals surface area contributed by atoms with E-state index < -0.39 is 0 Å². The van der Waals surface area contributed by atoms with Crippen LogP contribution >= 0.6 is 0 Å². The number of hydrogen-bond acceptors (Lipinski definition) is 4. The quantitative estimate of drug-likeness (QED) is 0.645. The van der Waals surface area contributed by atoms with Crippen molar-refractivity contribution in [2.24, 2.45) is 0 Å². The highest BCUT2D eigenvalue weighted by Gasteiger charge is 2.14. The molecule has 0 bridgehead atoms. The number of cyclic esters (lactones) is 1. The molecule has 1 N–H and O–H groups in total. The minimum absolute atomic E-state index is 0.0241. The van der Waals surface area contributed by atoms with E-state index in [1.807, 2.05) is 6.07 Å². The third-order valence-electron chi connectivity index (χ3n) is 3.21. The SMILES string of the molecule is O=C(/C=C/C[C@@H]1CC=CC(=O)O1)CCc1cccc(O)c1. The predicted octanol–water partition coefficient (Wildman–Crippen LogP) is 2.71. The first-order valence-electron chi connectivity index (χ1n) is 6.98. The molecule has 0 saturated heterocycles. The summed E-state index contributed by atoms with van der Waals surface area (Å²) < 4.78 is 5.09. The van der Waals surface area contributed by atoms with Gasteiger partial charge in [0.25, 0.3) is 0 Å². The Bertz CT molecular complexity index is 572. The highest BCUT2D eigenvalue weighted by Crippen LogP contribution is 2.13. The minimum atomic E-state index is -0.324. The smallest absolute Gasteiger partial charge is 0.330 e. The van der Waals surface area contributed by atoms with Gasteiger partial charge in [-0.3, -0.25) is 4.79 Å². The zero-order chi connectivity index (χ0) is 15.1. The number of aromatic hydroxyl groups is 1. The van der Waals surface area contributed by atoms with Crippen molar-refractivity contribution in [1.82, 2.24) is 0 Å². The molecule has 1 aromatic carbocycles. The number of ketones is 1. The van der Waals surface area contributed by atoms with Gasteiger partial charge >= 0.3 is 5.97 Å². The van der Waals surface area contributed by atoms with Crippen molar-refractivity contribution in [3.63, 3.8) is 0 Å². The number of rotatable bonds is 6. The lowest BCUT2D eigenvalue weighted by atomic mass is 10.1. The fraction of sp³-hybridized carbons (Fsp3) is 0.294. The second-order valence-corrected chi connectivity index (χ2v) is 4.97. The lowest BCUT2D eigenvalue weighted by Gasteiger charge is -2.16. The average Bonchev–Trinajstić information content (AvgIpc) is 2.45. The number of phenolic OH excluding ortho intramolecular Hbond substituents is 1. The van der Waals surface area contributed by atoms with Gasteiger partial charge in [0.2, 0.25) is 0 Å². The molecule has 0 spiro atoms. The number of esters is 1. The van der Waals surface area contributed by atoms with Gasteiger partial charge in [0.1, 0.15) is 11.9 Å². The lowest BCUT2D eigenvalue weighted by Crippen LogP contribution is -2.19. The van der Waals surface area contributed by atoms with Crippen molar-refractivity contribution in [2.75, 3.05) is 0 Å². The van der Waals surface area contributed by atoms with Crippen molar-refractivity contribution in [3.05, 3.63) is 54.1 Å². The molecule has 0 saturated carbocycles. The van der Waals surface area contributed by atoms with Gasteiger partial charge in [-0.2, -0.15) is 0 Å². The number of aryl methyl sites for hydroxylation is 1. The van der Waals surface area contributed by atoms with Crippen LogP contribution in [0.25, 0.3) is 0 Å². The maximum absolute atomic E-state index is 11.7. The van der Waals surface area contributed by atoms with Crippen LogP contribution in [0.5, 0.6) is 5.75 Å². The van der Waals surface area contributed by atoms with Crippen LogP contribution in [0.3, 0.4) is 0 Å². The van der Waals surface area contributed by atoms with Crippen molar-refractivity contribution in [1.29, 1.82) is 0 Å². The molecule has 1 aromatic rings. The Morgan fingerprint density at radius 1 is 1.43 bits per heavy atom. The summed E-state index contributed by atoms with van der Waals surface area (Å²) in [4.78, 5) is 22.8. The topological polar surface area (TPSA) is 63.6 Å². The third-order valence-corrected chi connectivity index (χ3v) is 3.21. The second kappa shape index (κ2) is 7.43. The van der Waals surface area contributed by atoms with E-state index in [1.54, 1.807) is 30.4 Å². The molecular weight excluding hydrogens is 268 g/mol. The summed E-state index contributed by atoms with van der Waals surface area (Å²) in [5.41, 5.74) is 0.933. The molecule has 1 aliphatic rings. The highest BCUT2D eigenvalue weighted by molar-refractivity contribution is 5.89. The summed E-state index contributed by atoms with van der Waals surface area (Å²) in [6, 6.07) is 6.90. The first kappa shape index (κ1) is 15.0. The van der Waals surface area contributed by atoms with Gasteiger partial charge in [0, 0.05) is 25.3 Å². The monoisotopic (exact) mass is 286 g/mol. The van der Waals surface area contributed by atoms with E-state index in [0.29, 0.717) is 25.7 Å². The molecule has 0 unspecified atom stereocenters. The molecular formula is C17H18O4. The fourth-order valence-corrected chi connectivity index (χ4v) is 2.13. The van der Waals surface area contributed by atoms with Crippen LogP contribution in [-0.2, 0) is 20.7 Å². The summed E-state index contributed by atoms with van der Waals surface area (Å²) in [5.74, 6) is -0.0893. The van der Waals surface area contributed by atoms with E-state index in [9.17, 15) is 14.7 Å². The molecule has 0 fully saturated rings. The van der Waals surface area contributed by atoms with Crippen LogP contribution in [0.2, 0.25) is 0 Å². The van der Waals surface area contributed by atoms with Crippen LogP contribution in [0.15, 0.2) is 48.6 Å². The number of ether oxygens (including phenoxy) is 1. The van der Waals surface area contributed by atoms with Gasteiger partial charge in [-0.05, 0) is 30.2 Å². The Hall–Kier alpha value is -2.36. The Labute approximate surface area is 123 Å². The number of carbonyl (C=O) groups is 2. The van der Waals surface area contributed by atoms with Crippen molar-refractivity contribution >= 4 is 11.8 Å². The molecule has 110 valence electrons. The second-order valence-electron chi connectivity index (χ2n) is 4.97. The van der Waals surface area contributed by atoms with Gasteiger partial charge in [0.05, 0.1) is 0 Å². The summed E-state index contributed by atoms with van der Waals surface area (Å²) in [7, 11) is 0. The molecule has 0 aliphatic carbocycles. The van der Waals surface area contributed by atoms with E-state index in [-0.39, 0.29) is 23.6 Å². The summed E-state index contributed by atoms with van der Waals surface area (Å²) in [6.45, 7) is 0. The minimum Gasteiger partial charge on any atom is -0.508 e. The number of phenols is 1. The Kier molecular flexibility index (Phi) is 5.32. The Balaban J connectivity index is 1.73. The molecule has 0 radical (unpaired) electrons.